The van der Waals surface area contributed by atoms with E-state index in [9.17, 15) is 9.59 Å². The lowest BCUT2D eigenvalue weighted by molar-refractivity contribution is -0.860. The van der Waals surface area contributed by atoms with Crippen molar-refractivity contribution in [2.45, 2.75) is 6.04 Å². The van der Waals surface area contributed by atoms with Crippen LogP contribution in [0.5, 0.6) is 0 Å². The third-order valence-corrected chi connectivity index (χ3v) is 3.92. The van der Waals surface area contributed by atoms with Crippen molar-refractivity contribution in [1.29, 1.82) is 0 Å². The molecule has 132 valence electrons. The van der Waals surface area contributed by atoms with Crippen molar-refractivity contribution < 1.29 is 14.5 Å². The number of amides is 2. The molecule has 0 saturated carbocycles. The third-order valence-electron chi connectivity index (χ3n) is 3.67. The molecule has 0 radical (unpaired) electrons. The quantitative estimate of drug-likeness (QED) is 0.691. The number of hydrogen-bond acceptors (Lipinski definition) is 2. The second kappa shape index (κ2) is 9.20. The van der Waals surface area contributed by atoms with Gasteiger partial charge in [0.05, 0.1) is 20.6 Å². The van der Waals surface area contributed by atoms with Gasteiger partial charge in [0.25, 0.3) is 5.91 Å². The van der Waals surface area contributed by atoms with Gasteiger partial charge in [0.15, 0.2) is 0 Å². The van der Waals surface area contributed by atoms with E-state index in [2.05, 4.69) is 10.6 Å². The maximum Gasteiger partial charge on any atom is 0.251 e. The summed E-state index contributed by atoms with van der Waals surface area (Å²) in [4.78, 5) is 25.5. The number of hydrogen-bond donors (Lipinski definition) is 3. The first-order valence-corrected chi connectivity index (χ1v) is 8.50. The summed E-state index contributed by atoms with van der Waals surface area (Å²) in [6.07, 6.45) is 0. The van der Waals surface area contributed by atoms with Crippen molar-refractivity contribution in [3.8, 4) is 0 Å². The van der Waals surface area contributed by atoms with Gasteiger partial charge in [0, 0.05) is 10.6 Å². The monoisotopic (exact) mass is 360 g/mol. The Bertz CT molecular complexity index is 702. The summed E-state index contributed by atoms with van der Waals surface area (Å²) < 4.78 is 0. The lowest BCUT2D eigenvalue weighted by Gasteiger charge is -2.21. The van der Waals surface area contributed by atoms with Crippen LogP contribution >= 0.6 is 11.6 Å². The topological polar surface area (TPSA) is 62.6 Å². The molecule has 2 amide bonds. The van der Waals surface area contributed by atoms with Crippen molar-refractivity contribution in [3.05, 3.63) is 70.7 Å². The number of halogens is 1. The molecule has 5 nitrogen and oxygen atoms in total. The van der Waals surface area contributed by atoms with Gasteiger partial charge in [-0.25, -0.2) is 0 Å². The van der Waals surface area contributed by atoms with Crippen LogP contribution in [-0.2, 0) is 4.79 Å². The highest BCUT2D eigenvalue weighted by Gasteiger charge is 2.18. The third kappa shape index (κ3) is 6.21. The van der Waals surface area contributed by atoms with Crippen LogP contribution in [0, 0.1) is 0 Å². The molecule has 0 unspecified atom stereocenters. The summed E-state index contributed by atoms with van der Waals surface area (Å²) in [5, 5.41) is 6.17. The molecule has 0 aliphatic rings. The first-order valence-electron chi connectivity index (χ1n) is 8.13. The van der Waals surface area contributed by atoms with Crippen molar-refractivity contribution in [2.24, 2.45) is 0 Å². The Morgan fingerprint density at radius 3 is 2.28 bits per heavy atom. The molecule has 0 aromatic heterocycles. The average molecular weight is 361 g/mol. The Kier molecular flexibility index (Phi) is 6.98. The summed E-state index contributed by atoms with van der Waals surface area (Å²) in [6.45, 7) is 0.675. The van der Waals surface area contributed by atoms with Crippen molar-refractivity contribution in [3.63, 3.8) is 0 Å². The Labute approximate surface area is 153 Å². The van der Waals surface area contributed by atoms with Crippen LogP contribution < -0.4 is 15.5 Å². The summed E-state index contributed by atoms with van der Waals surface area (Å²) in [5.41, 5.74) is 1.51. The first kappa shape index (κ1) is 19.0. The van der Waals surface area contributed by atoms with E-state index in [-0.39, 0.29) is 24.4 Å². The number of benzene rings is 2. The Morgan fingerprint density at radius 1 is 1.04 bits per heavy atom. The Morgan fingerprint density at radius 2 is 1.68 bits per heavy atom. The molecule has 2 rings (SSSR count). The second-order valence-electron chi connectivity index (χ2n) is 6.13. The second-order valence-corrected chi connectivity index (χ2v) is 6.57. The number of nitrogens with one attached hydrogen (secondary N) is 3. The molecular weight excluding hydrogens is 338 g/mol. The van der Waals surface area contributed by atoms with Gasteiger partial charge in [0.1, 0.15) is 12.6 Å². The van der Waals surface area contributed by atoms with Crippen LogP contribution in [0.15, 0.2) is 54.6 Å². The number of likely N-dealkylation sites (N-methyl/N-ethyl adjacent to an activating group) is 1. The van der Waals surface area contributed by atoms with Crippen molar-refractivity contribution >= 4 is 23.4 Å². The fraction of sp³-hybridized carbons (Fsp3) is 0.263. The number of carbonyl (C=O) groups is 2. The largest absolute Gasteiger partial charge is 0.343 e. The number of carbonyl (C=O) groups excluding carboxylic acids is 2. The van der Waals surface area contributed by atoms with Gasteiger partial charge in [-0.05, 0) is 29.8 Å². The SMILES string of the molecule is C[NH+](C)C[C@H](NC(=O)CNC(=O)c1ccc(Cl)cc1)c1ccccc1. The molecule has 0 aliphatic carbocycles. The highest BCUT2D eigenvalue weighted by atomic mass is 35.5. The summed E-state index contributed by atoms with van der Waals surface area (Å²) in [5.74, 6) is -0.529. The summed E-state index contributed by atoms with van der Waals surface area (Å²) in [7, 11) is 4.06. The standard InChI is InChI=1S/C19H22ClN3O2/c1-23(2)13-17(14-6-4-3-5-7-14)22-18(24)12-21-19(25)15-8-10-16(20)11-9-15/h3-11,17H,12-13H2,1-2H3,(H,21,25)(H,22,24)/p+1/t17-/m0/s1. The molecular formula is C19H23ClN3O2+. The fourth-order valence-corrected chi connectivity index (χ4v) is 2.58. The molecule has 0 bridgehead atoms. The van der Waals surface area contributed by atoms with Crippen LogP contribution in [0.4, 0.5) is 0 Å². The van der Waals surface area contributed by atoms with Gasteiger partial charge < -0.3 is 15.5 Å². The fourth-order valence-electron chi connectivity index (χ4n) is 2.46. The van der Waals surface area contributed by atoms with E-state index >= 15 is 0 Å². The van der Waals surface area contributed by atoms with Gasteiger partial charge in [-0.1, -0.05) is 41.9 Å². The van der Waals surface area contributed by atoms with E-state index < -0.39 is 0 Å². The van der Waals surface area contributed by atoms with Gasteiger partial charge >= 0.3 is 0 Å². The molecule has 1 atom stereocenters. The minimum Gasteiger partial charge on any atom is -0.343 e. The lowest BCUT2D eigenvalue weighted by Crippen LogP contribution is -3.06. The predicted octanol–water partition coefficient (Wildman–Crippen LogP) is 1.07. The highest BCUT2D eigenvalue weighted by Crippen LogP contribution is 2.11. The minimum atomic E-state index is -0.304. The molecule has 2 aromatic carbocycles. The first-order chi connectivity index (χ1) is 12.0. The van der Waals surface area contributed by atoms with Gasteiger partial charge in [0.2, 0.25) is 5.91 Å². The zero-order chi connectivity index (χ0) is 18.2. The van der Waals surface area contributed by atoms with Crippen LogP contribution in [-0.4, -0.2) is 39.0 Å². The highest BCUT2D eigenvalue weighted by molar-refractivity contribution is 6.30. The van der Waals surface area contributed by atoms with E-state index in [1.807, 2.05) is 44.4 Å². The van der Waals surface area contributed by atoms with E-state index in [1.54, 1.807) is 24.3 Å². The lowest BCUT2D eigenvalue weighted by atomic mass is 10.1. The summed E-state index contributed by atoms with van der Waals surface area (Å²) in [6, 6.07) is 16.2. The number of rotatable bonds is 7. The van der Waals surface area contributed by atoms with Crippen molar-refractivity contribution in [2.75, 3.05) is 27.2 Å². The molecule has 2 aromatic rings. The van der Waals surface area contributed by atoms with E-state index in [0.29, 0.717) is 10.6 Å². The van der Waals surface area contributed by atoms with Gasteiger partial charge in [-0.15, -0.1) is 0 Å². The minimum absolute atomic E-state index is 0.0758. The number of quaternary nitrogens is 1. The van der Waals surface area contributed by atoms with Crippen LogP contribution in [0.1, 0.15) is 22.0 Å². The van der Waals surface area contributed by atoms with E-state index in [0.717, 1.165) is 12.1 Å². The Hall–Kier alpha value is -2.37. The molecule has 3 N–H and O–H groups in total. The summed E-state index contributed by atoms with van der Waals surface area (Å²) >= 11 is 5.80. The van der Waals surface area contributed by atoms with E-state index in [4.69, 9.17) is 11.6 Å². The molecule has 0 saturated heterocycles. The van der Waals surface area contributed by atoms with Crippen LogP contribution in [0.3, 0.4) is 0 Å². The smallest absolute Gasteiger partial charge is 0.251 e. The van der Waals surface area contributed by atoms with Crippen LogP contribution in [0.2, 0.25) is 5.02 Å². The maximum absolute atomic E-state index is 12.2. The maximum atomic E-state index is 12.2. The molecule has 0 spiro atoms. The molecule has 6 heteroatoms. The predicted molar refractivity (Wildman–Crippen MR) is 98.8 cm³/mol. The zero-order valence-corrected chi connectivity index (χ0v) is 15.1. The van der Waals surface area contributed by atoms with Crippen molar-refractivity contribution in [1.82, 2.24) is 10.6 Å². The normalized spacial score (nSPS) is 11.8. The van der Waals surface area contributed by atoms with Crippen LogP contribution in [0.25, 0.3) is 0 Å². The van der Waals surface area contributed by atoms with Gasteiger partial charge in [-0.3, -0.25) is 9.59 Å². The molecule has 25 heavy (non-hydrogen) atoms. The molecule has 0 aliphatic heterocycles. The molecule has 0 heterocycles. The van der Waals surface area contributed by atoms with E-state index in [1.165, 1.54) is 4.90 Å². The van der Waals surface area contributed by atoms with Gasteiger partial charge in [-0.2, -0.15) is 0 Å². The average Bonchev–Trinajstić information content (AvgIpc) is 2.60. The zero-order valence-electron chi connectivity index (χ0n) is 14.4. The molecule has 0 fully saturated rings. The Balaban J connectivity index is 1.92.